The van der Waals surface area contributed by atoms with Gasteiger partial charge in [-0.05, 0) is 31.4 Å². The van der Waals surface area contributed by atoms with Crippen molar-refractivity contribution in [2.75, 3.05) is 26.8 Å². The number of carbonyl (C=O) groups excluding carboxylic acids is 2. The minimum atomic E-state index is -0.623. The van der Waals surface area contributed by atoms with E-state index in [1.807, 2.05) is 32.2 Å². The van der Waals surface area contributed by atoms with Crippen molar-refractivity contribution in [2.45, 2.75) is 44.7 Å². The van der Waals surface area contributed by atoms with Gasteiger partial charge in [0.15, 0.2) is 0 Å². The molecular formula is C22H30N4O4. The van der Waals surface area contributed by atoms with Gasteiger partial charge in [0.25, 0.3) is 0 Å². The second-order valence-electron chi connectivity index (χ2n) is 8.26. The van der Waals surface area contributed by atoms with Crippen molar-refractivity contribution in [1.82, 2.24) is 19.5 Å². The molecule has 8 nitrogen and oxygen atoms in total. The first-order valence-corrected chi connectivity index (χ1v) is 10.7. The van der Waals surface area contributed by atoms with E-state index in [1.165, 1.54) is 12.2 Å². The Morgan fingerprint density at radius 2 is 2.00 bits per heavy atom. The Hall–Kier alpha value is -2.45. The molecule has 8 heteroatoms. The zero-order chi connectivity index (χ0) is 21.3. The normalized spacial score (nSPS) is 21.6. The van der Waals surface area contributed by atoms with E-state index < -0.39 is 11.5 Å². The fraction of sp³-hybridized carbons (Fsp3) is 0.591. The van der Waals surface area contributed by atoms with E-state index in [0.717, 1.165) is 42.9 Å². The molecule has 2 aliphatic heterocycles. The molecule has 1 aromatic heterocycles. The van der Waals surface area contributed by atoms with Crippen molar-refractivity contribution in [3.63, 3.8) is 0 Å². The molecule has 1 spiro atoms. The lowest BCUT2D eigenvalue weighted by atomic mass is 9.77. The first-order valence-electron chi connectivity index (χ1n) is 10.7. The molecule has 0 aliphatic carbocycles. The van der Waals surface area contributed by atoms with Crippen LogP contribution in [0, 0.1) is 5.92 Å². The fourth-order valence-electron chi connectivity index (χ4n) is 4.85. The zero-order valence-corrected chi connectivity index (χ0v) is 18.0. The first-order chi connectivity index (χ1) is 14.5. The van der Waals surface area contributed by atoms with Crippen molar-refractivity contribution in [3.05, 3.63) is 30.1 Å². The van der Waals surface area contributed by atoms with Crippen molar-refractivity contribution >= 4 is 22.9 Å². The van der Waals surface area contributed by atoms with E-state index in [-0.39, 0.29) is 18.3 Å². The Balaban J connectivity index is 1.51. The number of hydrogen-bond acceptors (Lipinski definition) is 6. The summed E-state index contributed by atoms with van der Waals surface area (Å²) in [6.45, 7) is 4.72. The molecule has 3 heterocycles. The predicted molar refractivity (Wildman–Crippen MR) is 111 cm³/mol. The van der Waals surface area contributed by atoms with E-state index in [1.54, 1.807) is 0 Å². The van der Waals surface area contributed by atoms with Gasteiger partial charge in [0.05, 0.1) is 42.8 Å². The molecule has 0 radical (unpaired) electrons. The molecule has 2 fully saturated rings. The average Bonchev–Trinajstić information content (AvgIpc) is 3.22. The second kappa shape index (κ2) is 8.35. The highest BCUT2D eigenvalue weighted by Gasteiger charge is 2.58. The number of fused-ring (bicyclic) bond motifs is 1. The van der Waals surface area contributed by atoms with Crippen LogP contribution in [0.4, 0.5) is 0 Å². The summed E-state index contributed by atoms with van der Waals surface area (Å²) in [5.74, 6) is 0.0837. The number of aromatic nitrogens is 2. The van der Waals surface area contributed by atoms with Gasteiger partial charge >= 0.3 is 5.97 Å². The Morgan fingerprint density at radius 3 is 2.67 bits per heavy atom. The summed E-state index contributed by atoms with van der Waals surface area (Å²) in [5.41, 5.74) is 1.49. The molecule has 2 saturated heterocycles. The van der Waals surface area contributed by atoms with E-state index in [2.05, 4.69) is 15.5 Å². The summed E-state index contributed by atoms with van der Waals surface area (Å²) in [6.07, 6.45) is 2.31. The van der Waals surface area contributed by atoms with Gasteiger partial charge in [-0.3, -0.25) is 19.3 Å². The minimum Gasteiger partial charge on any atom is -0.469 e. The number of nitrogens with zero attached hydrogens (tertiary/aromatic N) is 4. The maximum Gasteiger partial charge on any atom is 0.311 e. The number of imidazole rings is 1. The summed E-state index contributed by atoms with van der Waals surface area (Å²) in [4.78, 5) is 38.1. The van der Waals surface area contributed by atoms with Crippen LogP contribution < -0.4 is 0 Å². The number of piperidine rings is 1. The Morgan fingerprint density at radius 1 is 1.27 bits per heavy atom. The van der Waals surface area contributed by atoms with Crippen molar-refractivity contribution < 1.29 is 19.2 Å². The number of amides is 1. The van der Waals surface area contributed by atoms with Gasteiger partial charge in [-0.2, -0.15) is 0 Å². The highest BCUT2D eigenvalue weighted by atomic mass is 16.7. The monoisotopic (exact) mass is 414 g/mol. The number of methoxy groups -OCH3 is 1. The van der Waals surface area contributed by atoms with E-state index in [0.29, 0.717) is 19.4 Å². The standard InChI is InChI=1S/C22H30N4O4/c1-4-13-30-26-20(27)14-16(21(28)29-3)22(26)9-11-25(12-10-22)15-19-23-17-7-5-6-8-18(17)24(19)2/h5-8,16H,4,9-15H2,1-3H3/t16-/m0/s1. The third-order valence-corrected chi connectivity index (χ3v) is 6.54. The van der Waals surface area contributed by atoms with Crippen LogP contribution in [-0.2, 0) is 32.8 Å². The van der Waals surface area contributed by atoms with Crippen molar-refractivity contribution in [3.8, 4) is 0 Å². The van der Waals surface area contributed by atoms with E-state index >= 15 is 0 Å². The number of para-hydroxylation sites is 2. The lowest BCUT2D eigenvalue weighted by Gasteiger charge is -2.45. The number of carbonyl (C=O) groups is 2. The quantitative estimate of drug-likeness (QED) is 0.675. The average molecular weight is 415 g/mol. The number of hydrogen-bond donors (Lipinski definition) is 0. The van der Waals surface area contributed by atoms with E-state index in [9.17, 15) is 9.59 Å². The van der Waals surface area contributed by atoms with Crippen LogP contribution in [-0.4, -0.2) is 63.7 Å². The largest absolute Gasteiger partial charge is 0.469 e. The predicted octanol–water partition coefficient (Wildman–Crippen LogP) is 2.27. The Bertz CT molecular complexity index is 932. The third-order valence-electron chi connectivity index (χ3n) is 6.54. The maximum atomic E-state index is 12.7. The molecule has 162 valence electrons. The van der Waals surface area contributed by atoms with E-state index in [4.69, 9.17) is 14.6 Å². The zero-order valence-electron chi connectivity index (χ0n) is 18.0. The molecule has 1 atom stereocenters. The number of benzene rings is 1. The van der Waals surface area contributed by atoms with Gasteiger partial charge in [-0.15, -0.1) is 0 Å². The lowest BCUT2D eigenvalue weighted by molar-refractivity contribution is -0.223. The van der Waals surface area contributed by atoms with Crippen LogP contribution in [0.2, 0.25) is 0 Å². The fourth-order valence-corrected chi connectivity index (χ4v) is 4.85. The SMILES string of the molecule is CCCON1C(=O)C[C@@H](C(=O)OC)C12CCN(Cc1nc3ccccc3n1C)CC2. The molecule has 1 aromatic carbocycles. The maximum absolute atomic E-state index is 12.7. The lowest BCUT2D eigenvalue weighted by Crippen LogP contribution is -2.57. The van der Waals surface area contributed by atoms with Gasteiger partial charge in [0, 0.05) is 26.6 Å². The van der Waals surface area contributed by atoms with Gasteiger partial charge in [-0.25, -0.2) is 10.0 Å². The number of esters is 1. The number of hydroxylamine groups is 2. The topological polar surface area (TPSA) is 76.9 Å². The molecule has 0 saturated carbocycles. The first kappa shape index (κ1) is 20.8. The van der Waals surface area contributed by atoms with Crippen LogP contribution in [0.1, 0.15) is 38.4 Å². The van der Waals surface area contributed by atoms with Crippen LogP contribution in [0.3, 0.4) is 0 Å². The number of aryl methyl sites for hydroxylation is 1. The van der Waals surface area contributed by atoms with Gasteiger partial charge in [-0.1, -0.05) is 19.1 Å². The Labute approximate surface area is 176 Å². The molecule has 30 heavy (non-hydrogen) atoms. The molecule has 0 bridgehead atoms. The van der Waals surface area contributed by atoms with Gasteiger partial charge in [0.2, 0.25) is 5.91 Å². The van der Waals surface area contributed by atoms with Crippen LogP contribution in [0.5, 0.6) is 0 Å². The highest BCUT2D eigenvalue weighted by Crippen LogP contribution is 2.44. The Kier molecular flexibility index (Phi) is 5.79. The number of rotatable bonds is 6. The molecule has 2 aliphatic rings. The summed E-state index contributed by atoms with van der Waals surface area (Å²) in [5, 5.41) is 1.50. The van der Waals surface area contributed by atoms with Gasteiger partial charge in [0.1, 0.15) is 5.82 Å². The smallest absolute Gasteiger partial charge is 0.311 e. The molecule has 0 unspecified atom stereocenters. The van der Waals surface area contributed by atoms with Gasteiger partial charge < -0.3 is 9.30 Å². The summed E-state index contributed by atoms with van der Waals surface area (Å²) in [6, 6.07) is 8.12. The molecule has 4 rings (SSSR count). The minimum absolute atomic E-state index is 0.123. The molecule has 2 aromatic rings. The molecule has 1 amide bonds. The molecular weight excluding hydrogens is 384 g/mol. The van der Waals surface area contributed by atoms with Crippen molar-refractivity contribution in [2.24, 2.45) is 13.0 Å². The summed E-state index contributed by atoms with van der Waals surface area (Å²) < 4.78 is 7.17. The molecule has 0 N–H and O–H groups in total. The number of likely N-dealkylation sites (tertiary alicyclic amines) is 1. The van der Waals surface area contributed by atoms with Crippen LogP contribution >= 0.6 is 0 Å². The highest BCUT2D eigenvalue weighted by molar-refractivity contribution is 5.88. The summed E-state index contributed by atoms with van der Waals surface area (Å²) >= 11 is 0. The summed E-state index contributed by atoms with van der Waals surface area (Å²) in [7, 11) is 3.43. The number of ether oxygens (including phenoxy) is 1. The third kappa shape index (κ3) is 3.48. The van der Waals surface area contributed by atoms with Crippen molar-refractivity contribution in [1.29, 1.82) is 0 Å². The van der Waals surface area contributed by atoms with Crippen LogP contribution in [0.15, 0.2) is 24.3 Å². The van der Waals surface area contributed by atoms with Crippen LogP contribution in [0.25, 0.3) is 11.0 Å². The second-order valence-corrected chi connectivity index (χ2v) is 8.26.